The Kier molecular flexibility index (Phi) is 5.74. The van der Waals surface area contributed by atoms with Gasteiger partial charge in [-0.2, -0.15) is 0 Å². The molecule has 5 heteroatoms. The van der Waals surface area contributed by atoms with Crippen molar-refractivity contribution < 1.29 is 14.3 Å². The highest BCUT2D eigenvalue weighted by atomic mass is 16.5. The second-order valence-corrected chi connectivity index (χ2v) is 6.92. The van der Waals surface area contributed by atoms with Crippen LogP contribution in [-0.4, -0.2) is 37.6 Å². The van der Waals surface area contributed by atoms with Gasteiger partial charge in [-0.25, -0.2) is 0 Å². The van der Waals surface area contributed by atoms with E-state index >= 15 is 0 Å². The third-order valence-corrected chi connectivity index (χ3v) is 5.26. The fraction of sp³-hybridized carbons (Fsp3) is 0.600. The third kappa shape index (κ3) is 3.87. The number of para-hydroxylation sites is 1. The lowest BCUT2D eigenvalue weighted by molar-refractivity contribution is -0.126. The van der Waals surface area contributed by atoms with Crippen molar-refractivity contribution in [3.63, 3.8) is 0 Å². The fourth-order valence-corrected chi connectivity index (χ4v) is 3.83. The van der Waals surface area contributed by atoms with E-state index in [1.54, 1.807) is 0 Å². The van der Waals surface area contributed by atoms with Crippen molar-refractivity contribution in [2.24, 2.45) is 5.92 Å². The van der Waals surface area contributed by atoms with Crippen molar-refractivity contribution >= 4 is 17.5 Å². The van der Waals surface area contributed by atoms with Gasteiger partial charge in [-0.1, -0.05) is 32.0 Å². The minimum absolute atomic E-state index is 0.0293. The van der Waals surface area contributed by atoms with Crippen molar-refractivity contribution in [2.45, 2.75) is 52.1 Å². The summed E-state index contributed by atoms with van der Waals surface area (Å²) in [4.78, 5) is 26.9. The molecule has 2 saturated heterocycles. The Morgan fingerprint density at radius 2 is 2.00 bits per heavy atom. The van der Waals surface area contributed by atoms with Crippen LogP contribution in [0.5, 0.6) is 0 Å². The van der Waals surface area contributed by atoms with Crippen LogP contribution in [0.4, 0.5) is 5.69 Å². The number of hydrogen-bond acceptors (Lipinski definition) is 3. The van der Waals surface area contributed by atoms with Gasteiger partial charge >= 0.3 is 0 Å². The molecule has 0 aliphatic carbocycles. The highest BCUT2D eigenvalue weighted by Gasteiger charge is 2.36. The Hall–Kier alpha value is -1.88. The van der Waals surface area contributed by atoms with E-state index in [0.717, 1.165) is 38.0 Å². The molecule has 1 aromatic carbocycles. The molecule has 0 bridgehead atoms. The summed E-state index contributed by atoms with van der Waals surface area (Å²) in [5.74, 6) is -0.255. The van der Waals surface area contributed by atoms with Gasteiger partial charge in [0.15, 0.2) is 0 Å². The summed E-state index contributed by atoms with van der Waals surface area (Å²) < 4.78 is 5.55. The molecule has 1 aromatic rings. The molecule has 0 saturated carbocycles. The summed E-state index contributed by atoms with van der Waals surface area (Å²) in [6, 6.07) is 6.20. The van der Waals surface area contributed by atoms with Crippen molar-refractivity contribution in [1.29, 1.82) is 0 Å². The number of carbonyl (C=O) groups excluding carboxylic acids is 2. The van der Waals surface area contributed by atoms with Crippen LogP contribution < -0.4 is 10.2 Å². The van der Waals surface area contributed by atoms with Crippen molar-refractivity contribution in [3.05, 3.63) is 29.3 Å². The van der Waals surface area contributed by atoms with Crippen LogP contribution in [0, 0.1) is 5.92 Å². The molecule has 0 radical (unpaired) electrons. The fourth-order valence-electron chi connectivity index (χ4n) is 3.83. The number of rotatable bonds is 6. The molecule has 1 N–H and O–H groups in total. The zero-order valence-corrected chi connectivity index (χ0v) is 15.2. The molecule has 2 aliphatic heterocycles. The first kappa shape index (κ1) is 17.9. The van der Waals surface area contributed by atoms with Crippen LogP contribution in [-0.2, 0) is 27.2 Å². The number of amides is 2. The van der Waals surface area contributed by atoms with Crippen molar-refractivity contribution in [1.82, 2.24) is 5.32 Å². The number of ether oxygens (including phenoxy) is 1. The SMILES string of the molecule is CCc1cccc(CC)c1N1C[C@@H](C(=O)NC[C@@H]2CCCO2)CC1=O. The molecule has 3 rings (SSSR count). The smallest absolute Gasteiger partial charge is 0.227 e. The summed E-state index contributed by atoms with van der Waals surface area (Å²) in [5.41, 5.74) is 3.37. The van der Waals surface area contributed by atoms with Gasteiger partial charge in [-0.05, 0) is 36.8 Å². The lowest BCUT2D eigenvalue weighted by atomic mass is 10.0. The van der Waals surface area contributed by atoms with Gasteiger partial charge in [-0.15, -0.1) is 0 Å². The largest absolute Gasteiger partial charge is 0.376 e. The molecule has 25 heavy (non-hydrogen) atoms. The lowest BCUT2D eigenvalue weighted by Gasteiger charge is -2.23. The van der Waals surface area contributed by atoms with Gasteiger partial charge in [0.1, 0.15) is 0 Å². The summed E-state index contributed by atoms with van der Waals surface area (Å²) in [7, 11) is 0. The molecule has 2 fully saturated rings. The summed E-state index contributed by atoms with van der Waals surface area (Å²) in [5, 5.41) is 2.97. The Balaban J connectivity index is 1.69. The Morgan fingerprint density at radius 1 is 1.28 bits per heavy atom. The quantitative estimate of drug-likeness (QED) is 0.862. The first-order chi connectivity index (χ1) is 12.1. The van der Waals surface area contributed by atoms with E-state index in [2.05, 4.69) is 31.3 Å². The van der Waals surface area contributed by atoms with E-state index in [0.29, 0.717) is 19.5 Å². The predicted octanol–water partition coefficient (Wildman–Crippen LogP) is 2.46. The van der Waals surface area contributed by atoms with Crippen LogP contribution >= 0.6 is 0 Å². The number of aryl methyl sites for hydroxylation is 2. The normalized spacial score (nSPS) is 23.3. The van der Waals surface area contributed by atoms with Crippen LogP contribution in [0.15, 0.2) is 18.2 Å². The minimum Gasteiger partial charge on any atom is -0.376 e. The molecule has 0 spiro atoms. The highest BCUT2D eigenvalue weighted by Crippen LogP contribution is 2.32. The molecule has 136 valence electrons. The van der Waals surface area contributed by atoms with Crippen LogP contribution in [0.3, 0.4) is 0 Å². The standard InChI is InChI=1S/C20H28N2O3/c1-3-14-7-5-8-15(4-2)19(14)22-13-16(11-18(22)23)20(24)21-12-17-9-6-10-25-17/h5,7-8,16-17H,3-4,6,9-13H2,1-2H3,(H,21,24)/t16-,17-/m0/s1. The zero-order chi connectivity index (χ0) is 17.8. The van der Waals surface area contributed by atoms with E-state index in [1.165, 1.54) is 11.1 Å². The third-order valence-electron chi connectivity index (χ3n) is 5.26. The molecular formula is C20H28N2O3. The number of hydrogen-bond donors (Lipinski definition) is 1. The van der Waals surface area contributed by atoms with Crippen molar-refractivity contribution in [2.75, 3.05) is 24.6 Å². The second-order valence-electron chi connectivity index (χ2n) is 6.92. The maximum Gasteiger partial charge on any atom is 0.227 e. The van der Waals surface area contributed by atoms with E-state index in [9.17, 15) is 9.59 Å². The molecule has 2 atom stereocenters. The summed E-state index contributed by atoms with van der Waals surface area (Å²) in [6.45, 7) is 6.01. The summed E-state index contributed by atoms with van der Waals surface area (Å²) in [6.07, 6.45) is 4.23. The van der Waals surface area contributed by atoms with E-state index < -0.39 is 0 Å². The number of benzene rings is 1. The van der Waals surface area contributed by atoms with E-state index in [-0.39, 0.29) is 23.8 Å². The van der Waals surface area contributed by atoms with Gasteiger partial charge in [-0.3, -0.25) is 9.59 Å². The topological polar surface area (TPSA) is 58.6 Å². The molecule has 0 aromatic heterocycles. The average Bonchev–Trinajstić information content (AvgIpc) is 3.28. The van der Waals surface area contributed by atoms with Gasteiger partial charge in [0.05, 0.1) is 12.0 Å². The van der Waals surface area contributed by atoms with Crippen molar-refractivity contribution in [3.8, 4) is 0 Å². The Labute approximate surface area is 149 Å². The van der Waals surface area contributed by atoms with Gasteiger partial charge < -0.3 is 15.0 Å². The number of carbonyl (C=O) groups is 2. The van der Waals surface area contributed by atoms with Gasteiger partial charge in [0.25, 0.3) is 0 Å². The van der Waals surface area contributed by atoms with Crippen LogP contribution in [0.25, 0.3) is 0 Å². The van der Waals surface area contributed by atoms with E-state index in [1.807, 2.05) is 11.0 Å². The minimum atomic E-state index is -0.275. The first-order valence-corrected chi connectivity index (χ1v) is 9.44. The first-order valence-electron chi connectivity index (χ1n) is 9.44. The maximum atomic E-state index is 12.6. The molecule has 2 aliphatic rings. The molecule has 2 heterocycles. The average molecular weight is 344 g/mol. The predicted molar refractivity (Wildman–Crippen MR) is 97.6 cm³/mol. The molecule has 5 nitrogen and oxygen atoms in total. The summed E-state index contributed by atoms with van der Waals surface area (Å²) >= 11 is 0. The monoisotopic (exact) mass is 344 g/mol. The second kappa shape index (κ2) is 8.00. The zero-order valence-electron chi connectivity index (χ0n) is 15.2. The maximum absolute atomic E-state index is 12.6. The molecule has 2 amide bonds. The van der Waals surface area contributed by atoms with Crippen LogP contribution in [0.2, 0.25) is 0 Å². The van der Waals surface area contributed by atoms with E-state index in [4.69, 9.17) is 4.74 Å². The van der Waals surface area contributed by atoms with Crippen LogP contribution in [0.1, 0.15) is 44.2 Å². The Bertz CT molecular complexity index is 616. The van der Waals surface area contributed by atoms with Gasteiger partial charge in [0, 0.05) is 31.8 Å². The van der Waals surface area contributed by atoms with Gasteiger partial charge in [0.2, 0.25) is 11.8 Å². The number of anilines is 1. The molecule has 0 unspecified atom stereocenters. The molecular weight excluding hydrogens is 316 g/mol. The lowest BCUT2D eigenvalue weighted by Crippen LogP contribution is -2.37. The Morgan fingerprint density at radius 3 is 2.60 bits per heavy atom. The number of nitrogens with one attached hydrogen (secondary N) is 1. The highest BCUT2D eigenvalue weighted by molar-refractivity contribution is 6.01. The number of nitrogens with zero attached hydrogens (tertiary/aromatic N) is 1.